The van der Waals surface area contributed by atoms with Crippen LogP contribution >= 0.6 is 0 Å². The third-order valence-corrected chi connectivity index (χ3v) is 2.32. The number of hydrogen-bond donors (Lipinski definition) is 0. The lowest BCUT2D eigenvalue weighted by Crippen LogP contribution is -1.93. The Labute approximate surface area is 124 Å². The fourth-order valence-electron chi connectivity index (χ4n) is 1.38. The van der Waals surface area contributed by atoms with E-state index >= 15 is 0 Å². The van der Waals surface area contributed by atoms with Gasteiger partial charge in [0, 0.05) is 0 Å². The van der Waals surface area contributed by atoms with Gasteiger partial charge in [0.05, 0.1) is 0 Å². The van der Waals surface area contributed by atoms with E-state index in [1.54, 1.807) is 0 Å². The first-order valence-corrected chi connectivity index (χ1v) is 6.42. The topological polar surface area (TPSA) is 27.7 Å². The van der Waals surface area contributed by atoms with Crippen molar-refractivity contribution in [3.8, 4) is 35.6 Å². The zero-order valence-corrected chi connectivity index (χ0v) is 11.4. The third-order valence-electron chi connectivity index (χ3n) is 2.32. The standard InChI is InChI=1S/C18H14O3/c1-3-9-17(10-4-1)20-15-7-13-19-14-8-16-21-18-11-5-2-6-12-18/h1-6,9-12H,13-14H2. The van der Waals surface area contributed by atoms with Crippen LogP contribution in [0.4, 0.5) is 0 Å². The highest BCUT2D eigenvalue weighted by atomic mass is 16.5. The molecule has 2 rings (SSSR count). The first-order valence-electron chi connectivity index (χ1n) is 6.42. The Hall–Kier alpha value is -2.88. The minimum absolute atomic E-state index is 0.257. The van der Waals surface area contributed by atoms with Gasteiger partial charge in [-0.3, -0.25) is 0 Å². The van der Waals surface area contributed by atoms with Crippen molar-refractivity contribution in [2.24, 2.45) is 0 Å². The van der Waals surface area contributed by atoms with Gasteiger partial charge in [-0.05, 0) is 36.1 Å². The predicted octanol–water partition coefficient (Wildman–Crippen LogP) is 3.08. The van der Waals surface area contributed by atoms with Crippen molar-refractivity contribution in [1.29, 1.82) is 0 Å². The fraction of sp³-hybridized carbons (Fsp3) is 0.111. The number of benzene rings is 2. The van der Waals surface area contributed by atoms with Gasteiger partial charge in [0.2, 0.25) is 0 Å². The zero-order chi connectivity index (χ0) is 14.6. The monoisotopic (exact) mass is 278 g/mol. The van der Waals surface area contributed by atoms with E-state index in [-0.39, 0.29) is 13.2 Å². The average Bonchev–Trinajstić information content (AvgIpc) is 2.55. The molecule has 0 aliphatic rings. The molecule has 0 saturated carbocycles. The molecule has 21 heavy (non-hydrogen) atoms. The Morgan fingerprint density at radius 3 is 1.48 bits per heavy atom. The molecule has 0 unspecified atom stereocenters. The van der Waals surface area contributed by atoms with Crippen LogP contribution in [0.2, 0.25) is 0 Å². The van der Waals surface area contributed by atoms with Crippen molar-refractivity contribution in [2.75, 3.05) is 13.2 Å². The van der Waals surface area contributed by atoms with Gasteiger partial charge in [-0.25, -0.2) is 0 Å². The van der Waals surface area contributed by atoms with Crippen molar-refractivity contribution in [2.45, 2.75) is 0 Å². The van der Waals surface area contributed by atoms with Gasteiger partial charge in [-0.2, -0.15) is 0 Å². The van der Waals surface area contributed by atoms with Gasteiger partial charge in [0.15, 0.2) is 0 Å². The summed E-state index contributed by atoms with van der Waals surface area (Å²) < 4.78 is 15.6. The van der Waals surface area contributed by atoms with Crippen LogP contribution in [0.15, 0.2) is 60.7 Å². The van der Waals surface area contributed by atoms with Crippen molar-refractivity contribution >= 4 is 0 Å². The minimum atomic E-state index is 0.257. The molecule has 3 nitrogen and oxygen atoms in total. The summed E-state index contributed by atoms with van der Waals surface area (Å²) >= 11 is 0. The molecule has 0 atom stereocenters. The van der Waals surface area contributed by atoms with Crippen LogP contribution < -0.4 is 9.47 Å². The molecular formula is C18H14O3. The first kappa shape index (κ1) is 14.5. The Balaban J connectivity index is 1.59. The maximum atomic E-state index is 5.20. The van der Waals surface area contributed by atoms with Gasteiger partial charge < -0.3 is 14.2 Å². The smallest absolute Gasteiger partial charge is 0.140 e. The van der Waals surface area contributed by atoms with Crippen LogP contribution in [0.1, 0.15) is 0 Å². The van der Waals surface area contributed by atoms with Crippen LogP contribution in [-0.2, 0) is 4.74 Å². The summed E-state index contributed by atoms with van der Waals surface area (Å²) in [5, 5.41) is 0. The second-order valence-corrected chi connectivity index (χ2v) is 3.88. The lowest BCUT2D eigenvalue weighted by Gasteiger charge is -1.95. The van der Waals surface area contributed by atoms with Crippen LogP contribution in [0.25, 0.3) is 0 Å². The molecule has 2 aromatic carbocycles. The fourth-order valence-corrected chi connectivity index (χ4v) is 1.38. The van der Waals surface area contributed by atoms with Crippen LogP contribution in [0.3, 0.4) is 0 Å². The van der Waals surface area contributed by atoms with Gasteiger partial charge in [0.1, 0.15) is 36.9 Å². The van der Waals surface area contributed by atoms with Crippen LogP contribution in [0.5, 0.6) is 11.5 Å². The van der Waals surface area contributed by atoms with E-state index in [1.807, 2.05) is 60.7 Å². The van der Waals surface area contributed by atoms with Crippen molar-refractivity contribution in [1.82, 2.24) is 0 Å². The molecule has 0 aliphatic carbocycles. The molecule has 3 heteroatoms. The van der Waals surface area contributed by atoms with E-state index in [0.29, 0.717) is 11.5 Å². The Morgan fingerprint density at radius 1 is 0.619 bits per heavy atom. The predicted molar refractivity (Wildman–Crippen MR) is 80.5 cm³/mol. The van der Waals surface area contributed by atoms with Gasteiger partial charge in [-0.15, -0.1) is 0 Å². The molecule has 0 radical (unpaired) electrons. The maximum Gasteiger partial charge on any atom is 0.140 e. The number of hydrogen-bond acceptors (Lipinski definition) is 3. The Bertz CT molecular complexity index is 583. The highest BCUT2D eigenvalue weighted by Crippen LogP contribution is 2.07. The van der Waals surface area contributed by atoms with Crippen LogP contribution in [-0.4, -0.2) is 13.2 Å². The molecule has 0 amide bonds. The molecule has 0 heterocycles. The van der Waals surface area contributed by atoms with E-state index in [4.69, 9.17) is 14.2 Å². The quantitative estimate of drug-likeness (QED) is 0.635. The molecule has 0 spiro atoms. The largest absolute Gasteiger partial charge is 0.407 e. The maximum absolute atomic E-state index is 5.20. The lowest BCUT2D eigenvalue weighted by molar-refractivity contribution is 0.203. The third kappa shape index (κ3) is 6.20. The molecule has 0 aromatic heterocycles. The second-order valence-electron chi connectivity index (χ2n) is 3.88. The molecule has 0 bridgehead atoms. The summed E-state index contributed by atoms with van der Waals surface area (Å²) in [6.45, 7) is 0.514. The van der Waals surface area contributed by atoms with Crippen LogP contribution in [0, 0.1) is 24.1 Å². The molecule has 0 fully saturated rings. The van der Waals surface area contributed by atoms with E-state index in [1.165, 1.54) is 0 Å². The molecule has 0 aliphatic heterocycles. The summed E-state index contributed by atoms with van der Waals surface area (Å²) in [6, 6.07) is 18.7. The van der Waals surface area contributed by atoms with E-state index < -0.39 is 0 Å². The van der Waals surface area contributed by atoms with E-state index in [2.05, 4.69) is 24.1 Å². The number of ether oxygens (including phenoxy) is 3. The molecular weight excluding hydrogens is 264 g/mol. The van der Waals surface area contributed by atoms with Crippen molar-refractivity contribution in [3.05, 3.63) is 60.7 Å². The zero-order valence-electron chi connectivity index (χ0n) is 11.4. The Morgan fingerprint density at radius 2 is 1.05 bits per heavy atom. The molecule has 0 saturated heterocycles. The first-order chi connectivity index (χ1) is 10.4. The van der Waals surface area contributed by atoms with Gasteiger partial charge in [-0.1, -0.05) is 36.4 Å². The normalized spacial score (nSPS) is 8.76. The molecule has 104 valence electrons. The van der Waals surface area contributed by atoms with Gasteiger partial charge in [0.25, 0.3) is 0 Å². The summed E-state index contributed by atoms with van der Waals surface area (Å²) in [4.78, 5) is 0. The lowest BCUT2D eigenvalue weighted by atomic mass is 10.3. The SMILES string of the molecule is C(#COc1ccccc1)COCC#COc1ccccc1. The van der Waals surface area contributed by atoms with E-state index in [9.17, 15) is 0 Å². The summed E-state index contributed by atoms with van der Waals surface area (Å²) in [7, 11) is 0. The van der Waals surface area contributed by atoms with Crippen molar-refractivity contribution < 1.29 is 14.2 Å². The highest BCUT2D eigenvalue weighted by Gasteiger charge is 1.86. The average molecular weight is 278 g/mol. The molecule has 2 aromatic rings. The highest BCUT2D eigenvalue weighted by molar-refractivity contribution is 5.23. The van der Waals surface area contributed by atoms with Crippen molar-refractivity contribution in [3.63, 3.8) is 0 Å². The summed E-state index contributed by atoms with van der Waals surface area (Å²) in [5.74, 6) is 6.90. The Kier molecular flexibility index (Phi) is 6.29. The molecule has 0 N–H and O–H groups in total. The number of para-hydroxylation sites is 2. The van der Waals surface area contributed by atoms with Gasteiger partial charge >= 0.3 is 0 Å². The number of rotatable bonds is 4. The second kappa shape index (κ2) is 9.09. The van der Waals surface area contributed by atoms with E-state index in [0.717, 1.165) is 0 Å². The summed E-state index contributed by atoms with van der Waals surface area (Å²) in [6.07, 6.45) is 5.13. The minimum Gasteiger partial charge on any atom is -0.407 e. The summed E-state index contributed by atoms with van der Waals surface area (Å²) in [5.41, 5.74) is 0.